The number of ketones is 1. The Kier molecular flexibility index (Phi) is 6.22. The van der Waals surface area contributed by atoms with Crippen LogP contribution >= 0.6 is 0 Å². The summed E-state index contributed by atoms with van der Waals surface area (Å²) in [5.41, 5.74) is 1.42. The number of aryl methyl sites for hydroxylation is 1. The predicted octanol–water partition coefficient (Wildman–Crippen LogP) is 6.40. The van der Waals surface area contributed by atoms with Crippen molar-refractivity contribution >= 4 is 16.8 Å². The van der Waals surface area contributed by atoms with Crippen LogP contribution in [0.15, 0.2) is 72.9 Å². The molecule has 170 valence electrons. The molecule has 0 fully saturated rings. The molecule has 0 N–H and O–H groups in total. The van der Waals surface area contributed by atoms with Gasteiger partial charge in [-0.2, -0.15) is 18.2 Å². The Bertz CT molecular complexity index is 1270. The molecule has 2 aromatic heterocycles. The van der Waals surface area contributed by atoms with Crippen molar-refractivity contribution in [3.05, 3.63) is 84.1 Å². The molecule has 33 heavy (non-hydrogen) atoms. The van der Waals surface area contributed by atoms with E-state index in [0.29, 0.717) is 11.1 Å². The maximum atomic E-state index is 14.0. The molecule has 4 rings (SSSR count). The second-order valence-electron chi connectivity index (χ2n) is 8.07. The van der Waals surface area contributed by atoms with Crippen LogP contribution in [0.2, 0.25) is 0 Å². The summed E-state index contributed by atoms with van der Waals surface area (Å²) in [5, 5.41) is 0.00702. The minimum Gasteiger partial charge on any atom is -0.470 e. The Morgan fingerprint density at radius 1 is 1.06 bits per heavy atom. The van der Waals surface area contributed by atoms with Gasteiger partial charge in [0.05, 0.1) is 5.56 Å². The lowest BCUT2D eigenvalue weighted by Gasteiger charge is -2.14. The van der Waals surface area contributed by atoms with Crippen LogP contribution in [0.4, 0.5) is 13.2 Å². The summed E-state index contributed by atoms with van der Waals surface area (Å²) < 4.78 is 49.0. The van der Waals surface area contributed by atoms with Crippen molar-refractivity contribution in [3.63, 3.8) is 0 Å². The lowest BCUT2D eigenvalue weighted by molar-refractivity contribution is -0.136. The Labute approximate surface area is 189 Å². The van der Waals surface area contributed by atoms with E-state index in [2.05, 4.69) is 4.98 Å². The molecular formula is C26H23F3N2O2. The summed E-state index contributed by atoms with van der Waals surface area (Å²) in [4.78, 5) is 16.7. The second kappa shape index (κ2) is 9.10. The molecule has 7 heteroatoms. The van der Waals surface area contributed by atoms with E-state index in [9.17, 15) is 18.0 Å². The molecule has 0 saturated carbocycles. The molecule has 0 aliphatic rings. The van der Waals surface area contributed by atoms with Gasteiger partial charge in [0, 0.05) is 36.7 Å². The standard InChI is InChI=1S/C26H23F3N2O2/c1-17(18-9-5-3-6-10-18)13-20(32)16-33-23-14-22(26(27,28)29)24-21(15-31(2)25(24)30-23)19-11-7-4-8-12-19/h3-12,14-15,17H,13,16H2,1-2H3/t17-/m1/s1. The largest absolute Gasteiger partial charge is 0.470 e. The normalized spacial score (nSPS) is 12.6. The van der Waals surface area contributed by atoms with Crippen LogP contribution in [0, 0.1) is 0 Å². The zero-order valence-electron chi connectivity index (χ0n) is 18.3. The van der Waals surface area contributed by atoms with E-state index in [1.165, 1.54) is 0 Å². The van der Waals surface area contributed by atoms with E-state index >= 15 is 0 Å². The number of Topliss-reactive ketones (excluding diaryl/α,β-unsaturated/α-hetero) is 1. The third-order valence-corrected chi connectivity index (χ3v) is 5.58. The van der Waals surface area contributed by atoms with Crippen LogP contribution in [0.3, 0.4) is 0 Å². The van der Waals surface area contributed by atoms with E-state index < -0.39 is 11.7 Å². The van der Waals surface area contributed by atoms with Crippen molar-refractivity contribution in [2.75, 3.05) is 6.61 Å². The number of hydrogen-bond donors (Lipinski definition) is 0. The molecule has 4 aromatic rings. The maximum absolute atomic E-state index is 14.0. The molecule has 0 saturated heterocycles. The van der Waals surface area contributed by atoms with Gasteiger partial charge in [0.25, 0.3) is 0 Å². The van der Waals surface area contributed by atoms with Crippen molar-refractivity contribution in [3.8, 4) is 17.0 Å². The summed E-state index contributed by atoms with van der Waals surface area (Å²) in [5.74, 6) is -0.459. The summed E-state index contributed by atoms with van der Waals surface area (Å²) in [6.45, 7) is 1.58. The average Bonchev–Trinajstić information content (AvgIpc) is 3.14. The first kappa shape index (κ1) is 22.6. The molecule has 2 heterocycles. The Hall–Kier alpha value is -3.61. The molecule has 2 aromatic carbocycles. The molecule has 0 unspecified atom stereocenters. The Morgan fingerprint density at radius 2 is 1.70 bits per heavy atom. The predicted molar refractivity (Wildman–Crippen MR) is 121 cm³/mol. The number of fused-ring (bicyclic) bond motifs is 1. The minimum absolute atomic E-state index is 0.00702. The molecule has 0 amide bonds. The van der Waals surface area contributed by atoms with Crippen LogP contribution in [0.1, 0.15) is 30.4 Å². The number of benzene rings is 2. The van der Waals surface area contributed by atoms with E-state index in [1.54, 1.807) is 48.1 Å². The van der Waals surface area contributed by atoms with Gasteiger partial charge in [-0.05, 0) is 17.0 Å². The number of halogens is 3. The van der Waals surface area contributed by atoms with Crippen LogP contribution in [-0.4, -0.2) is 21.9 Å². The van der Waals surface area contributed by atoms with Crippen LogP contribution in [0.25, 0.3) is 22.2 Å². The highest BCUT2D eigenvalue weighted by Crippen LogP contribution is 2.41. The highest BCUT2D eigenvalue weighted by atomic mass is 19.4. The fourth-order valence-corrected chi connectivity index (χ4v) is 3.94. The average molecular weight is 452 g/mol. The van der Waals surface area contributed by atoms with Gasteiger partial charge < -0.3 is 9.30 Å². The number of hydrogen-bond acceptors (Lipinski definition) is 3. The van der Waals surface area contributed by atoms with Gasteiger partial charge in [-0.25, -0.2) is 0 Å². The Balaban J connectivity index is 1.61. The number of nitrogens with zero attached hydrogens (tertiary/aromatic N) is 2. The zero-order chi connectivity index (χ0) is 23.6. The van der Waals surface area contributed by atoms with Gasteiger partial charge in [0.1, 0.15) is 12.3 Å². The number of ether oxygens (including phenoxy) is 1. The first-order valence-corrected chi connectivity index (χ1v) is 10.6. The quantitative estimate of drug-likeness (QED) is 0.326. The first-order chi connectivity index (χ1) is 15.7. The molecule has 0 radical (unpaired) electrons. The molecule has 4 nitrogen and oxygen atoms in total. The van der Waals surface area contributed by atoms with E-state index in [1.807, 2.05) is 37.3 Å². The maximum Gasteiger partial charge on any atom is 0.417 e. The number of carbonyl (C=O) groups is 1. The summed E-state index contributed by atoms with van der Waals surface area (Å²) in [6, 6.07) is 19.3. The van der Waals surface area contributed by atoms with Crippen molar-refractivity contribution in [1.82, 2.24) is 9.55 Å². The summed E-state index contributed by atoms with van der Waals surface area (Å²) >= 11 is 0. The van der Waals surface area contributed by atoms with Gasteiger partial charge in [-0.15, -0.1) is 0 Å². The van der Waals surface area contributed by atoms with Gasteiger partial charge in [0.15, 0.2) is 5.78 Å². The molecule has 0 bridgehead atoms. The minimum atomic E-state index is -4.62. The molecule has 0 aliphatic carbocycles. The number of alkyl halides is 3. The van der Waals surface area contributed by atoms with E-state index in [4.69, 9.17) is 4.74 Å². The topological polar surface area (TPSA) is 44.1 Å². The lowest BCUT2D eigenvalue weighted by Crippen LogP contribution is -2.15. The fourth-order valence-electron chi connectivity index (χ4n) is 3.94. The molecular weight excluding hydrogens is 429 g/mol. The van der Waals surface area contributed by atoms with E-state index in [0.717, 1.165) is 11.6 Å². The third kappa shape index (κ3) is 4.92. The third-order valence-electron chi connectivity index (χ3n) is 5.58. The smallest absolute Gasteiger partial charge is 0.417 e. The monoisotopic (exact) mass is 452 g/mol. The number of pyridine rings is 1. The summed E-state index contributed by atoms with van der Waals surface area (Å²) in [7, 11) is 1.64. The molecule has 1 atom stereocenters. The van der Waals surface area contributed by atoms with Crippen molar-refractivity contribution < 1.29 is 22.7 Å². The van der Waals surface area contributed by atoms with Crippen molar-refractivity contribution in [2.24, 2.45) is 7.05 Å². The van der Waals surface area contributed by atoms with Crippen LogP contribution < -0.4 is 4.74 Å². The van der Waals surface area contributed by atoms with Crippen molar-refractivity contribution in [1.29, 1.82) is 0 Å². The fraction of sp³-hybridized carbons (Fsp3) is 0.231. The Morgan fingerprint density at radius 3 is 2.33 bits per heavy atom. The van der Waals surface area contributed by atoms with Crippen LogP contribution in [0.5, 0.6) is 5.88 Å². The van der Waals surface area contributed by atoms with E-state index in [-0.39, 0.29) is 41.6 Å². The van der Waals surface area contributed by atoms with Crippen molar-refractivity contribution in [2.45, 2.75) is 25.4 Å². The highest BCUT2D eigenvalue weighted by molar-refractivity contribution is 5.97. The summed E-state index contributed by atoms with van der Waals surface area (Å²) in [6.07, 6.45) is -2.77. The molecule has 0 aliphatic heterocycles. The van der Waals surface area contributed by atoms with Gasteiger partial charge in [-0.1, -0.05) is 67.6 Å². The first-order valence-electron chi connectivity index (χ1n) is 10.6. The van der Waals surface area contributed by atoms with Gasteiger partial charge in [-0.3, -0.25) is 4.79 Å². The van der Waals surface area contributed by atoms with Crippen LogP contribution in [-0.2, 0) is 18.0 Å². The van der Waals surface area contributed by atoms with Gasteiger partial charge >= 0.3 is 6.18 Å². The molecule has 0 spiro atoms. The second-order valence-corrected chi connectivity index (χ2v) is 8.07. The lowest BCUT2D eigenvalue weighted by atomic mass is 9.96. The van der Waals surface area contributed by atoms with Gasteiger partial charge in [0.2, 0.25) is 5.88 Å². The zero-order valence-corrected chi connectivity index (χ0v) is 18.3. The number of carbonyl (C=O) groups excluding carboxylic acids is 1. The number of rotatable bonds is 7. The number of aromatic nitrogens is 2. The SMILES string of the molecule is C[C@H](CC(=O)COc1cc(C(F)(F)F)c2c(-c3ccccc3)cn(C)c2n1)c1ccccc1. The highest BCUT2D eigenvalue weighted by Gasteiger charge is 2.36.